The van der Waals surface area contributed by atoms with Gasteiger partial charge in [0, 0.05) is 18.9 Å². The summed E-state index contributed by atoms with van der Waals surface area (Å²) in [5.74, 6) is -0.310. The highest BCUT2D eigenvalue weighted by atomic mass is 19.1. The monoisotopic (exact) mass is 248 g/mol. The van der Waals surface area contributed by atoms with Gasteiger partial charge in [-0.05, 0) is 49.1 Å². The van der Waals surface area contributed by atoms with Crippen molar-refractivity contribution in [2.75, 3.05) is 0 Å². The van der Waals surface area contributed by atoms with E-state index in [1.54, 1.807) is 16.9 Å². The molecule has 1 heterocycles. The van der Waals surface area contributed by atoms with Crippen molar-refractivity contribution in [2.24, 2.45) is 7.05 Å². The molecule has 3 nitrogen and oxygen atoms in total. The van der Waals surface area contributed by atoms with Gasteiger partial charge in [0.1, 0.15) is 5.82 Å². The summed E-state index contributed by atoms with van der Waals surface area (Å²) in [6.45, 7) is 1.88. The standard InChI is InChI=1S/C14H17FN2O/c1-10-3-4-11(15)9-13(10)14(18)6-5-12-7-8-16-17(12)2/h3-4,7-9,14,18H,5-6H2,1-2H3. The zero-order chi connectivity index (χ0) is 13.1. The van der Waals surface area contributed by atoms with Crippen LogP contribution >= 0.6 is 0 Å². The maximum atomic E-state index is 13.2. The Labute approximate surface area is 106 Å². The van der Waals surface area contributed by atoms with Gasteiger partial charge in [-0.3, -0.25) is 4.68 Å². The Bertz CT molecular complexity index is 536. The Kier molecular flexibility index (Phi) is 3.77. The first-order valence-corrected chi connectivity index (χ1v) is 5.99. The maximum Gasteiger partial charge on any atom is 0.123 e. The van der Waals surface area contributed by atoms with Crippen molar-refractivity contribution in [3.8, 4) is 0 Å². The van der Waals surface area contributed by atoms with Gasteiger partial charge in [0.15, 0.2) is 0 Å². The fourth-order valence-electron chi connectivity index (χ4n) is 2.06. The zero-order valence-electron chi connectivity index (χ0n) is 10.6. The summed E-state index contributed by atoms with van der Waals surface area (Å²) in [4.78, 5) is 0. The first-order valence-electron chi connectivity index (χ1n) is 5.99. The molecule has 1 aromatic carbocycles. The van der Waals surface area contributed by atoms with Crippen molar-refractivity contribution in [2.45, 2.75) is 25.9 Å². The van der Waals surface area contributed by atoms with E-state index in [1.807, 2.05) is 20.0 Å². The number of hydrogen-bond acceptors (Lipinski definition) is 2. The van der Waals surface area contributed by atoms with E-state index in [0.717, 1.165) is 11.3 Å². The van der Waals surface area contributed by atoms with Gasteiger partial charge in [-0.2, -0.15) is 5.10 Å². The van der Waals surface area contributed by atoms with Crippen molar-refractivity contribution in [3.63, 3.8) is 0 Å². The van der Waals surface area contributed by atoms with Crippen LogP contribution in [0.1, 0.15) is 29.3 Å². The second kappa shape index (κ2) is 5.31. The van der Waals surface area contributed by atoms with Crippen molar-refractivity contribution >= 4 is 0 Å². The smallest absolute Gasteiger partial charge is 0.123 e. The average Bonchev–Trinajstić information content (AvgIpc) is 2.75. The molecule has 2 rings (SSSR count). The van der Waals surface area contributed by atoms with Crippen LogP contribution < -0.4 is 0 Å². The molecule has 0 spiro atoms. The molecule has 0 fully saturated rings. The molecule has 0 saturated heterocycles. The van der Waals surface area contributed by atoms with Gasteiger partial charge in [0.2, 0.25) is 0 Å². The van der Waals surface area contributed by atoms with Gasteiger partial charge in [0.25, 0.3) is 0 Å². The molecule has 0 aliphatic heterocycles. The van der Waals surface area contributed by atoms with Gasteiger partial charge < -0.3 is 5.11 Å². The van der Waals surface area contributed by atoms with Crippen LogP contribution in [0.3, 0.4) is 0 Å². The molecular formula is C14H17FN2O. The number of benzene rings is 1. The minimum atomic E-state index is -0.643. The average molecular weight is 248 g/mol. The number of hydrogen-bond donors (Lipinski definition) is 1. The van der Waals surface area contributed by atoms with E-state index in [9.17, 15) is 9.50 Å². The highest BCUT2D eigenvalue weighted by molar-refractivity contribution is 5.28. The quantitative estimate of drug-likeness (QED) is 0.903. The summed E-state index contributed by atoms with van der Waals surface area (Å²) in [5, 5.41) is 14.2. The third kappa shape index (κ3) is 2.76. The van der Waals surface area contributed by atoms with E-state index in [4.69, 9.17) is 0 Å². The van der Waals surface area contributed by atoms with Crippen LogP contribution in [-0.2, 0) is 13.5 Å². The summed E-state index contributed by atoms with van der Waals surface area (Å²) < 4.78 is 14.9. The van der Waals surface area contributed by atoms with Crippen LogP contribution in [0.15, 0.2) is 30.5 Å². The van der Waals surface area contributed by atoms with E-state index in [0.29, 0.717) is 18.4 Å². The predicted octanol–water partition coefficient (Wildman–Crippen LogP) is 2.53. The second-order valence-corrected chi connectivity index (χ2v) is 4.50. The summed E-state index contributed by atoms with van der Waals surface area (Å²) in [5.41, 5.74) is 2.63. The SMILES string of the molecule is Cc1ccc(F)cc1C(O)CCc1ccnn1C. The van der Waals surface area contributed by atoms with Crippen molar-refractivity contribution in [1.82, 2.24) is 9.78 Å². The van der Waals surface area contributed by atoms with Gasteiger partial charge in [-0.25, -0.2) is 4.39 Å². The Morgan fingerprint density at radius 1 is 1.39 bits per heavy atom. The normalized spacial score (nSPS) is 12.7. The number of nitrogens with zero attached hydrogens (tertiary/aromatic N) is 2. The number of aryl methyl sites for hydroxylation is 3. The Morgan fingerprint density at radius 2 is 2.17 bits per heavy atom. The van der Waals surface area contributed by atoms with Crippen molar-refractivity contribution in [1.29, 1.82) is 0 Å². The van der Waals surface area contributed by atoms with E-state index >= 15 is 0 Å². The van der Waals surface area contributed by atoms with Gasteiger partial charge in [-0.1, -0.05) is 6.07 Å². The predicted molar refractivity (Wildman–Crippen MR) is 67.6 cm³/mol. The van der Waals surface area contributed by atoms with Crippen molar-refractivity contribution < 1.29 is 9.50 Å². The lowest BCUT2D eigenvalue weighted by atomic mass is 9.99. The number of halogens is 1. The lowest BCUT2D eigenvalue weighted by molar-refractivity contribution is 0.166. The molecule has 1 N–H and O–H groups in total. The van der Waals surface area contributed by atoms with E-state index < -0.39 is 6.10 Å². The molecule has 1 aromatic heterocycles. The minimum Gasteiger partial charge on any atom is -0.388 e. The van der Waals surface area contributed by atoms with E-state index in [-0.39, 0.29) is 5.82 Å². The van der Waals surface area contributed by atoms with Crippen LogP contribution in [0.25, 0.3) is 0 Å². The van der Waals surface area contributed by atoms with Crippen molar-refractivity contribution in [3.05, 3.63) is 53.1 Å². The molecular weight excluding hydrogens is 231 g/mol. The van der Waals surface area contributed by atoms with Gasteiger partial charge in [0.05, 0.1) is 6.10 Å². The third-order valence-corrected chi connectivity index (χ3v) is 3.20. The lowest BCUT2D eigenvalue weighted by Crippen LogP contribution is -2.05. The Balaban J connectivity index is 2.06. The van der Waals surface area contributed by atoms with Crippen LogP contribution in [0, 0.1) is 12.7 Å². The highest BCUT2D eigenvalue weighted by Gasteiger charge is 2.12. The van der Waals surface area contributed by atoms with Crippen LogP contribution in [0.5, 0.6) is 0 Å². The fourth-order valence-corrected chi connectivity index (χ4v) is 2.06. The topological polar surface area (TPSA) is 38.1 Å². The zero-order valence-corrected chi connectivity index (χ0v) is 10.6. The largest absolute Gasteiger partial charge is 0.388 e. The molecule has 0 radical (unpaired) electrons. The molecule has 1 atom stereocenters. The van der Waals surface area contributed by atoms with E-state index in [2.05, 4.69) is 5.10 Å². The summed E-state index contributed by atoms with van der Waals surface area (Å²) in [7, 11) is 1.87. The van der Waals surface area contributed by atoms with Gasteiger partial charge >= 0.3 is 0 Å². The molecule has 0 amide bonds. The molecule has 0 aliphatic carbocycles. The summed E-state index contributed by atoms with van der Waals surface area (Å²) in [6.07, 6.45) is 2.36. The molecule has 4 heteroatoms. The molecule has 1 unspecified atom stereocenters. The van der Waals surface area contributed by atoms with Crippen LogP contribution in [0.4, 0.5) is 4.39 Å². The minimum absolute atomic E-state index is 0.310. The first kappa shape index (κ1) is 12.8. The van der Waals surface area contributed by atoms with Crippen LogP contribution in [0.2, 0.25) is 0 Å². The molecule has 18 heavy (non-hydrogen) atoms. The third-order valence-electron chi connectivity index (χ3n) is 3.20. The number of aliphatic hydroxyl groups excluding tert-OH is 1. The molecule has 2 aromatic rings. The fraction of sp³-hybridized carbons (Fsp3) is 0.357. The Morgan fingerprint density at radius 3 is 2.83 bits per heavy atom. The summed E-state index contributed by atoms with van der Waals surface area (Å²) in [6, 6.07) is 6.43. The summed E-state index contributed by atoms with van der Waals surface area (Å²) >= 11 is 0. The number of rotatable bonds is 4. The molecule has 0 bridgehead atoms. The molecule has 0 saturated carbocycles. The number of aliphatic hydroxyl groups is 1. The second-order valence-electron chi connectivity index (χ2n) is 4.50. The van der Waals surface area contributed by atoms with Gasteiger partial charge in [-0.15, -0.1) is 0 Å². The first-order chi connectivity index (χ1) is 8.58. The molecule has 0 aliphatic rings. The highest BCUT2D eigenvalue weighted by Crippen LogP contribution is 2.23. The van der Waals surface area contributed by atoms with Crippen LogP contribution in [-0.4, -0.2) is 14.9 Å². The van der Waals surface area contributed by atoms with E-state index in [1.165, 1.54) is 12.1 Å². The lowest BCUT2D eigenvalue weighted by Gasteiger charge is -2.13. The molecule has 96 valence electrons. The maximum absolute atomic E-state index is 13.2. The Hall–Kier alpha value is -1.68. The number of aromatic nitrogens is 2.